The van der Waals surface area contributed by atoms with E-state index in [1.807, 2.05) is 6.07 Å². The van der Waals surface area contributed by atoms with Crippen LogP contribution >= 0.6 is 7.82 Å². The molecule has 196 valence electrons. The highest BCUT2D eigenvalue weighted by Crippen LogP contribution is 2.43. The molecule has 0 saturated carbocycles. The van der Waals surface area contributed by atoms with Gasteiger partial charge in [-0.2, -0.15) is 0 Å². The molecular formula is C27H47O6P. The first kappa shape index (κ1) is 30.8. The molecule has 0 amide bonds. The second-order valence-electron chi connectivity index (χ2n) is 8.94. The van der Waals surface area contributed by atoms with Gasteiger partial charge in [-0.1, -0.05) is 109 Å². The number of hydrogen-bond acceptors (Lipinski definition) is 5. The number of carbonyl (C=O) groups is 1. The molecule has 0 aliphatic carbocycles. The first-order chi connectivity index (χ1) is 16.5. The molecule has 0 aromatic heterocycles. The molecule has 0 bridgehead atoms. The van der Waals surface area contributed by atoms with Crippen molar-refractivity contribution in [1.82, 2.24) is 0 Å². The van der Waals surface area contributed by atoms with Crippen molar-refractivity contribution in [1.29, 1.82) is 0 Å². The van der Waals surface area contributed by atoms with Gasteiger partial charge < -0.3 is 9.63 Å². The molecule has 1 atom stereocenters. The van der Waals surface area contributed by atoms with Crippen molar-refractivity contribution in [3.8, 4) is 0 Å². The number of esters is 1. The van der Waals surface area contributed by atoms with Gasteiger partial charge in [0.2, 0.25) is 0 Å². The van der Waals surface area contributed by atoms with Crippen molar-refractivity contribution in [2.45, 2.75) is 110 Å². The minimum atomic E-state index is -4.00. The molecule has 0 aliphatic rings. The Labute approximate surface area is 207 Å². The van der Waals surface area contributed by atoms with Gasteiger partial charge in [0.1, 0.15) is 0 Å². The molecule has 0 aliphatic heterocycles. The first-order valence-electron chi connectivity index (χ1n) is 13.4. The summed E-state index contributed by atoms with van der Waals surface area (Å²) in [6.45, 7) is 2.83. The predicted octanol–water partition coefficient (Wildman–Crippen LogP) is 8.24. The Balaban J connectivity index is 1.86. The largest absolute Gasteiger partial charge is 0.472 e. The molecule has 0 radical (unpaired) electrons. The zero-order valence-corrected chi connectivity index (χ0v) is 22.2. The molecular weight excluding hydrogens is 451 g/mol. The van der Waals surface area contributed by atoms with E-state index in [0.29, 0.717) is 18.4 Å². The van der Waals surface area contributed by atoms with Gasteiger partial charge in [0.15, 0.2) is 0 Å². The van der Waals surface area contributed by atoms with Crippen LogP contribution in [0.1, 0.15) is 120 Å². The highest BCUT2D eigenvalue weighted by atomic mass is 31.2. The van der Waals surface area contributed by atoms with Crippen molar-refractivity contribution >= 4 is 13.8 Å². The standard InChI is InChI=1S/C27H47O6P/c1-2-3-4-5-6-7-8-9-10-11-12-13-14-18-24-32-34(29,30)33-25-20-19-23-31-27(28)26-21-16-15-17-22-26/h15-17,21-22H,2-14,18-20,23-25H2,1H3,(H,29,30). The minimum Gasteiger partial charge on any atom is -0.462 e. The lowest BCUT2D eigenvalue weighted by Gasteiger charge is -2.12. The van der Waals surface area contributed by atoms with Gasteiger partial charge in [-0.05, 0) is 31.4 Å². The van der Waals surface area contributed by atoms with Gasteiger partial charge in [0.25, 0.3) is 0 Å². The second-order valence-corrected chi connectivity index (χ2v) is 10.4. The highest BCUT2D eigenvalue weighted by Gasteiger charge is 2.20. The van der Waals surface area contributed by atoms with Crippen LogP contribution < -0.4 is 0 Å². The Morgan fingerprint density at radius 1 is 0.676 bits per heavy atom. The number of rotatable bonds is 23. The normalized spacial score (nSPS) is 13.0. The maximum Gasteiger partial charge on any atom is 0.472 e. The Bertz CT molecular complexity index is 652. The van der Waals surface area contributed by atoms with E-state index >= 15 is 0 Å². The maximum absolute atomic E-state index is 11.9. The van der Waals surface area contributed by atoms with E-state index in [-0.39, 0.29) is 25.8 Å². The second kappa shape index (κ2) is 21.1. The summed E-state index contributed by atoms with van der Waals surface area (Å²) in [5.41, 5.74) is 0.510. The molecule has 0 heterocycles. The molecule has 1 rings (SSSR count). The van der Waals surface area contributed by atoms with Crippen LogP contribution in [0.15, 0.2) is 30.3 Å². The van der Waals surface area contributed by atoms with Gasteiger partial charge in [-0.15, -0.1) is 0 Å². The lowest BCUT2D eigenvalue weighted by molar-refractivity contribution is 0.0489. The lowest BCUT2D eigenvalue weighted by Crippen LogP contribution is -2.07. The topological polar surface area (TPSA) is 82.1 Å². The molecule has 6 nitrogen and oxygen atoms in total. The maximum atomic E-state index is 11.9. The third-order valence-electron chi connectivity index (χ3n) is 5.79. The summed E-state index contributed by atoms with van der Waals surface area (Å²) in [5.74, 6) is -0.370. The molecule has 1 unspecified atom stereocenters. The van der Waals surface area contributed by atoms with Gasteiger partial charge in [0.05, 0.1) is 25.4 Å². The van der Waals surface area contributed by atoms with Crippen molar-refractivity contribution in [3.63, 3.8) is 0 Å². The third kappa shape index (κ3) is 18.2. The Kier molecular flexibility index (Phi) is 19.1. The van der Waals surface area contributed by atoms with Crippen LogP contribution in [-0.2, 0) is 18.3 Å². The molecule has 0 spiro atoms. The average molecular weight is 499 g/mol. The van der Waals surface area contributed by atoms with Crippen LogP contribution in [0.4, 0.5) is 0 Å². The summed E-state index contributed by atoms with van der Waals surface area (Å²) in [4.78, 5) is 21.5. The first-order valence-corrected chi connectivity index (χ1v) is 14.9. The fraction of sp³-hybridized carbons (Fsp3) is 0.741. The SMILES string of the molecule is CCCCCCCCCCCCCCCCOP(=O)(O)OCCCCOC(=O)c1ccccc1. The Hall–Kier alpha value is -1.20. The fourth-order valence-electron chi connectivity index (χ4n) is 3.72. The fourth-order valence-corrected chi connectivity index (χ4v) is 4.51. The van der Waals surface area contributed by atoms with Crippen LogP contribution in [0, 0.1) is 0 Å². The summed E-state index contributed by atoms with van der Waals surface area (Å²) in [6.07, 6.45) is 18.8. The number of phosphoric ester groups is 1. The Morgan fingerprint density at radius 2 is 1.09 bits per heavy atom. The Morgan fingerprint density at radius 3 is 1.59 bits per heavy atom. The smallest absolute Gasteiger partial charge is 0.462 e. The van der Waals surface area contributed by atoms with Crippen LogP contribution in [-0.4, -0.2) is 30.7 Å². The summed E-state index contributed by atoms with van der Waals surface area (Å²) in [7, 11) is -4.00. The van der Waals surface area contributed by atoms with Crippen molar-refractivity contribution in [2.24, 2.45) is 0 Å². The molecule has 7 heteroatoms. The van der Waals surface area contributed by atoms with Crippen LogP contribution in [0.3, 0.4) is 0 Å². The number of unbranched alkanes of at least 4 members (excludes halogenated alkanes) is 14. The summed E-state index contributed by atoms with van der Waals surface area (Å²) >= 11 is 0. The quantitative estimate of drug-likeness (QED) is 0.0929. The molecule has 1 aromatic rings. The van der Waals surface area contributed by atoms with Crippen molar-refractivity contribution in [3.05, 3.63) is 35.9 Å². The molecule has 1 aromatic carbocycles. The predicted molar refractivity (Wildman–Crippen MR) is 138 cm³/mol. The van der Waals surface area contributed by atoms with Gasteiger partial charge >= 0.3 is 13.8 Å². The van der Waals surface area contributed by atoms with E-state index in [0.717, 1.165) is 19.3 Å². The zero-order chi connectivity index (χ0) is 24.7. The van der Waals surface area contributed by atoms with Crippen LogP contribution in [0.2, 0.25) is 0 Å². The lowest BCUT2D eigenvalue weighted by atomic mass is 10.0. The van der Waals surface area contributed by atoms with E-state index in [4.69, 9.17) is 13.8 Å². The van der Waals surface area contributed by atoms with E-state index in [9.17, 15) is 14.3 Å². The number of carbonyl (C=O) groups excluding carboxylic acids is 1. The highest BCUT2D eigenvalue weighted by molar-refractivity contribution is 7.47. The number of benzene rings is 1. The zero-order valence-electron chi connectivity index (χ0n) is 21.3. The van der Waals surface area contributed by atoms with E-state index in [1.54, 1.807) is 24.3 Å². The number of phosphoric acid groups is 1. The third-order valence-corrected chi connectivity index (χ3v) is 6.81. The monoisotopic (exact) mass is 498 g/mol. The minimum absolute atomic E-state index is 0.0927. The average Bonchev–Trinajstić information content (AvgIpc) is 2.84. The van der Waals surface area contributed by atoms with Crippen molar-refractivity contribution in [2.75, 3.05) is 19.8 Å². The van der Waals surface area contributed by atoms with E-state index < -0.39 is 7.82 Å². The molecule has 34 heavy (non-hydrogen) atoms. The van der Waals surface area contributed by atoms with Crippen LogP contribution in [0.5, 0.6) is 0 Å². The number of ether oxygens (including phenoxy) is 1. The van der Waals surface area contributed by atoms with Crippen molar-refractivity contribution < 1.29 is 28.0 Å². The van der Waals surface area contributed by atoms with Gasteiger partial charge in [-0.3, -0.25) is 9.05 Å². The molecule has 0 fully saturated rings. The summed E-state index contributed by atoms with van der Waals surface area (Å²) < 4.78 is 27.1. The number of hydrogen-bond donors (Lipinski definition) is 1. The van der Waals surface area contributed by atoms with Crippen LogP contribution in [0.25, 0.3) is 0 Å². The molecule has 0 saturated heterocycles. The molecule has 1 N–H and O–H groups in total. The summed E-state index contributed by atoms with van der Waals surface area (Å²) in [5, 5.41) is 0. The summed E-state index contributed by atoms with van der Waals surface area (Å²) in [6, 6.07) is 8.79. The van der Waals surface area contributed by atoms with Gasteiger partial charge in [-0.25, -0.2) is 9.36 Å². The van der Waals surface area contributed by atoms with E-state index in [2.05, 4.69) is 6.92 Å². The van der Waals surface area contributed by atoms with Gasteiger partial charge in [0, 0.05) is 0 Å². The van der Waals surface area contributed by atoms with E-state index in [1.165, 1.54) is 70.6 Å².